The predicted octanol–water partition coefficient (Wildman–Crippen LogP) is 0.854. The molecule has 0 saturated carbocycles. The van der Waals surface area contributed by atoms with Gasteiger partial charge in [0.2, 0.25) is 0 Å². The van der Waals surface area contributed by atoms with Gasteiger partial charge in [-0.05, 0) is 6.92 Å². The summed E-state index contributed by atoms with van der Waals surface area (Å²) in [6, 6.07) is 0. The molecule has 0 aromatic carbocycles. The fourth-order valence-electron chi connectivity index (χ4n) is 1.64. The van der Waals surface area contributed by atoms with E-state index in [1.165, 1.54) is 0 Å². The lowest BCUT2D eigenvalue weighted by Crippen LogP contribution is -2.41. The second-order valence-electron chi connectivity index (χ2n) is 3.78. The average Bonchev–Trinajstić information content (AvgIpc) is 2.57. The van der Waals surface area contributed by atoms with Crippen LogP contribution in [0.15, 0.2) is 0 Å². The summed E-state index contributed by atoms with van der Waals surface area (Å²) in [5.74, 6) is -0.114. The van der Waals surface area contributed by atoms with Gasteiger partial charge in [-0.2, -0.15) is 5.10 Å². The van der Waals surface area contributed by atoms with Crippen LogP contribution in [0.25, 0.3) is 0 Å². The maximum Gasteiger partial charge on any atom is 0.276 e. The molecule has 1 aliphatic heterocycles. The van der Waals surface area contributed by atoms with E-state index in [1.807, 2.05) is 6.92 Å². The summed E-state index contributed by atoms with van der Waals surface area (Å²) in [5, 5.41) is 4.58. The number of halogens is 1. The van der Waals surface area contributed by atoms with E-state index in [-0.39, 0.29) is 5.91 Å². The Morgan fingerprint density at radius 3 is 2.56 bits per heavy atom. The third-order valence-corrected chi connectivity index (χ3v) is 3.21. The molecule has 0 radical (unpaired) electrons. The van der Waals surface area contributed by atoms with Gasteiger partial charge in [-0.15, -0.1) is 0 Å². The topological polar surface area (TPSA) is 47.4 Å². The Labute approximate surface area is 98.9 Å². The van der Waals surface area contributed by atoms with E-state index < -0.39 is 0 Å². The molecule has 0 unspecified atom stereocenters. The Balaban J connectivity index is 2.22. The molecule has 6 heteroatoms. The van der Waals surface area contributed by atoms with Crippen LogP contribution >= 0.6 is 11.6 Å². The minimum atomic E-state index is -0.114. The Kier molecular flexibility index (Phi) is 3.16. The van der Waals surface area contributed by atoms with Gasteiger partial charge in [0.15, 0.2) is 5.69 Å². The number of aromatic nitrogens is 2. The molecular weight excluding hydrogens is 230 g/mol. The monoisotopic (exact) mass is 243 g/mol. The molecule has 1 saturated heterocycles. The molecule has 0 N–H and O–H groups in total. The van der Waals surface area contributed by atoms with Crippen LogP contribution in [0.4, 0.5) is 0 Å². The zero-order valence-electron chi connectivity index (χ0n) is 9.36. The van der Waals surface area contributed by atoms with E-state index in [4.69, 9.17) is 16.3 Å². The second kappa shape index (κ2) is 4.43. The zero-order chi connectivity index (χ0) is 11.7. The lowest BCUT2D eigenvalue weighted by molar-refractivity contribution is 0.0298. The summed E-state index contributed by atoms with van der Waals surface area (Å²) in [7, 11) is 1.78. The Morgan fingerprint density at radius 2 is 2.06 bits per heavy atom. The average molecular weight is 244 g/mol. The van der Waals surface area contributed by atoms with E-state index in [9.17, 15) is 4.79 Å². The highest BCUT2D eigenvalue weighted by atomic mass is 35.5. The highest BCUT2D eigenvalue weighted by Crippen LogP contribution is 2.20. The molecule has 16 heavy (non-hydrogen) atoms. The number of aryl methyl sites for hydroxylation is 1. The number of carbonyl (C=O) groups excluding carboxylic acids is 1. The molecule has 5 nitrogen and oxygen atoms in total. The summed E-state index contributed by atoms with van der Waals surface area (Å²) >= 11 is 6.07. The van der Waals surface area contributed by atoms with Crippen molar-refractivity contribution >= 4 is 17.5 Å². The van der Waals surface area contributed by atoms with Gasteiger partial charge in [0, 0.05) is 20.1 Å². The van der Waals surface area contributed by atoms with Crippen LogP contribution in [0.5, 0.6) is 0 Å². The number of hydrogen-bond acceptors (Lipinski definition) is 3. The smallest absolute Gasteiger partial charge is 0.276 e. The molecule has 1 aromatic heterocycles. The first-order chi connectivity index (χ1) is 7.61. The molecule has 0 bridgehead atoms. The van der Waals surface area contributed by atoms with Crippen LogP contribution < -0.4 is 0 Å². The van der Waals surface area contributed by atoms with Gasteiger partial charge in [-0.25, -0.2) is 0 Å². The normalized spacial score (nSPS) is 16.6. The summed E-state index contributed by atoms with van der Waals surface area (Å²) in [6.45, 7) is 4.20. The fraction of sp³-hybridized carbons (Fsp3) is 0.600. The number of carbonyl (C=O) groups is 1. The van der Waals surface area contributed by atoms with Crippen LogP contribution in [-0.2, 0) is 11.8 Å². The van der Waals surface area contributed by atoms with Gasteiger partial charge in [0.25, 0.3) is 5.91 Å². The zero-order valence-corrected chi connectivity index (χ0v) is 10.1. The molecule has 1 amide bonds. The van der Waals surface area contributed by atoms with E-state index in [0.29, 0.717) is 37.0 Å². The van der Waals surface area contributed by atoms with Crippen LogP contribution in [0, 0.1) is 6.92 Å². The van der Waals surface area contributed by atoms with Crippen LogP contribution in [0.3, 0.4) is 0 Å². The third kappa shape index (κ3) is 1.92. The van der Waals surface area contributed by atoms with E-state index in [1.54, 1.807) is 16.6 Å². The molecule has 0 atom stereocenters. The highest BCUT2D eigenvalue weighted by Gasteiger charge is 2.24. The quantitative estimate of drug-likeness (QED) is 0.735. The molecule has 2 rings (SSSR count). The largest absolute Gasteiger partial charge is 0.378 e. The first-order valence-electron chi connectivity index (χ1n) is 5.17. The van der Waals surface area contributed by atoms with Crippen molar-refractivity contribution in [2.45, 2.75) is 6.92 Å². The number of nitrogens with zero attached hydrogens (tertiary/aromatic N) is 3. The van der Waals surface area contributed by atoms with Crippen molar-refractivity contribution in [3.8, 4) is 0 Å². The molecule has 1 aliphatic rings. The Hall–Kier alpha value is -1.07. The van der Waals surface area contributed by atoms with Gasteiger partial charge < -0.3 is 9.64 Å². The van der Waals surface area contributed by atoms with Gasteiger partial charge >= 0.3 is 0 Å². The van der Waals surface area contributed by atoms with Crippen molar-refractivity contribution in [3.63, 3.8) is 0 Å². The van der Waals surface area contributed by atoms with Crippen molar-refractivity contribution in [2.75, 3.05) is 26.3 Å². The van der Waals surface area contributed by atoms with Crippen LogP contribution in [-0.4, -0.2) is 46.9 Å². The summed E-state index contributed by atoms with van der Waals surface area (Å²) in [6.07, 6.45) is 0. The number of amides is 1. The maximum absolute atomic E-state index is 12.1. The van der Waals surface area contributed by atoms with Crippen molar-refractivity contribution in [3.05, 3.63) is 16.4 Å². The van der Waals surface area contributed by atoms with E-state index >= 15 is 0 Å². The molecule has 1 aromatic rings. The van der Waals surface area contributed by atoms with Gasteiger partial charge in [0.1, 0.15) is 0 Å². The van der Waals surface area contributed by atoms with Crippen molar-refractivity contribution in [1.82, 2.24) is 14.7 Å². The fourth-order valence-corrected chi connectivity index (χ4v) is 1.88. The molecule has 0 aliphatic carbocycles. The predicted molar refractivity (Wildman–Crippen MR) is 59.7 cm³/mol. The van der Waals surface area contributed by atoms with E-state index in [2.05, 4.69) is 5.10 Å². The Bertz CT molecular complexity index is 410. The summed E-state index contributed by atoms with van der Waals surface area (Å²) in [4.78, 5) is 13.8. The van der Waals surface area contributed by atoms with Crippen LogP contribution in [0.2, 0.25) is 5.02 Å². The SMILES string of the molecule is Cc1c(Cl)c(C(=O)N2CCOCC2)nn1C. The second-order valence-corrected chi connectivity index (χ2v) is 4.15. The minimum Gasteiger partial charge on any atom is -0.378 e. The summed E-state index contributed by atoms with van der Waals surface area (Å²) in [5.41, 5.74) is 1.14. The lowest BCUT2D eigenvalue weighted by atomic mass is 10.3. The maximum atomic E-state index is 12.1. The molecule has 2 heterocycles. The number of hydrogen-bond donors (Lipinski definition) is 0. The molecule has 1 fully saturated rings. The van der Waals surface area contributed by atoms with Crippen molar-refractivity contribution < 1.29 is 9.53 Å². The number of ether oxygens (including phenoxy) is 1. The molecule has 88 valence electrons. The van der Waals surface area contributed by atoms with Crippen molar-refractivity contribution in [1.29, 1.82) is 0 Å². The van der Waals surface area contributed by atoms with Gasteiger partial charge in [0.05, 0.1) is 23.9 Å². The minimum absolute atomic E-state index is 0.114. The molecular formula is C10H14ClN3O2. The molecule has 0 spiro atoms. The third-order valence-electron chi connectivity index (χ3n) is 2.76. The summed E-state index contributed by atoms with van der Waals surface area (Å²) < 4.78 is 6.81. The first kappa shape index (κ1) is 11.4. The van der Waals surface area contributed by atoms with Gasteiger partial charge in [-0.1, -0.05) is 11.6 Å². The Morgan fingerprint density at radius 1 is 1.44 bits per heavy atom. The standard InChI is InChI=1S/C10H14ClN3O2/c1-7-8(11)9(12-13(7)2)10(15)14-3-5-16-6-4-14/h3-6H2,1-2H3. The van der Waals surface area contributed by atoms with E-state index in [0.717, 1.165) is 5.69 Å². The van der Waals surface area contributed by atoms with Crippen LogP contribution in [0.1, 0.15) is 16.2 Å². The highest BCUT2D eigenvalue weighted by molar-refractivity contribution is 6.34. The van der Waals surface area contributed by atoms with Crippen molar-refractivity contribution in [2.24, 2.45) is 7.05 Å². The number of rotatable bonds is 1. The first-order valence-corrected chi connectivity index (χ1v) is 5.55. The number of morpholine rings is 1. The van der Waals surface area contributed by atoms with Gasteiger partial charge in [-0.3, -0.25) is 9.48 Å². The lowest BCUT2D eigenvalue weighted by Gasteiger charge is -2.26.